The molecular formula is C19H27N3O2. The highest BCUT2D eigenvalue weighted by molar-refractivity contribution is 5.67. The van der Waals surface area contributed by atoms with Gasteiger partial charge in [-0.15, -0.1) is 0 Å². The zero-order valence-corrected chi connectivity index (χ0v) is 14.8. The van der Waals surface area contributed by atoms with Gasteiger partial charge in [0.15, 0.2) is 0 Å². The average Bonchev–Trinajstić information content (AvgIpc) is 2.52. The van der Waals surface area contributed by atoms with Gasteiger partial charge in [0.1, 0.15) is 5.60 Å². The van der Waals surface area contributed by atoms with E-state index in [4.69, 9.17) is 4.74 Å². The first-order chi connectivity index (χ1) is 11.4. The number of carbonyl (C=O) groups is 1. The quantitative estimate of drug-likeness (QED) is 0.920. The molecule has 1 aliphatic heterocycles. The first-order valence-electron chi connectivity index (χ1n) is 8.54. The van der Waals surface area contributed by atoms with Crippen molar-refractivity contribution in [1.29, 1.82) is 5.26 Å². The van der Waals surface area contributed by atoms with Crippen LogP contribution >= 0.6 is 0 Å². The Labute approximate surface area is 144 Å². The third-order valence-corrected chi connectivity index (χ3v) is 4.07. The fraction of sp³-hybridized carbons (Fsp3) is 0.579. The highest BCUT2D eigenvalue weighted by atomic mass is 16.6. The number of nitrogens with zero attached hydrogens (tertiary/aromatic N) is 2. The highest BCUT2D eigenvalue weighted by Gasteiger charge is 2.22. The Bertz CT molecular complexity index is 601. The first-order valence-corrected chi connectivity index (χ1v) is 8.54. The number of likely N-dealkylation sites (tertiary alicyclic amines) is 1. The summed E-state index contributed by atoms with van der Waals surface area (Å²) in [6, 6.07) is 10.0. The predicted molar refractivity (Wildman–Crippen MR) is 93.4 cm³/mol. The molecule has 5 nitrogen and oxygen atoms in total. The molecule has 5 heteroatoms. The van der Waals surface area contributed by atoms with Crippen LogP contribution in [0.3, 0.4) is 0 Å². The van der Waals surface area contributed by atoms with E-state index in [-0.39, 0.29) is 6.09 Å². The molecule has 1 aromatic carbocycles. The molecule has 0 saturated carbocycles. The van der Waals surface area contributed by atoms with Crippen LogP contribution in [-0.2, 0) is 11.3 Å². The minimum atomic E-state index is -0.469. The highest BCUT2D eigenvalue weighted by Crippen LogP contribution is 2.19. The Balaban J connectivity index is 1.84. The third-order valence-electron chi connectivity index (χ3n) is 4.07. The lowest BCUT2D eigenvalue weighted by molar-refractivity contribution is 0.0506. The van der Waals surface area contributed by atoms with Crippen LogP contribution < -0.4 is 5.32 Å². The van der Waals surface area contributed by atoms with E-state index in [0.29, 0.717) is 12.5 Å². The van der Waals surface area contributed by atoms with Crippen LogP contribution in [0, 0.1) is 17.2 Å². The molecule has 1 N–H and O–H groups in total. The van der Waals surface area contributed by atoms with E-state index >= 15 is 0 Å². The summed E-state index contributed by atoms with van der Waals surface area (Å²) in [7, 11) is 0. The van der Waals surface area contributed by atoms with Gasteiger partial charge in [0, 0.05) is 19.6 Å². The number of carbonyl (C=O) groups excluding carboxylic acids is 1. The van der Waals surface area contributed by atoms with E-state index < -0.39 is 5.60 Å². The van der Waals surface area contributed by atoms with Crippen LogP contribution in [0.2, 0.25) is 0 Å². The Hall–Kier alpha value is -2.06. The minimum absolute atomic E-state index is 0.352. The second-order valence-corrected chi connectivity index (χ2v) is 7.40. The van der Waals surface area contributed by atoms with E-state index in [1.54, 1.807) is 0 Å². The maximum absolute atomic E-state index is 11.8. The number of alkyl carbamates (subject to hydrolysis) is 1. The van der Waals surface area contributed by atoms with Crippen molar-refractivity contribution in [3.8, 4) is 6.07 Å². The number of amides is 1. The molecular weight excluding hydrogens is 302 g/mol. The fourth-order valence-electron chi connectivity index (χ4n) is 3.01. The van der Waals surface area contributed by atoms with E-state index in [2.05, 4.69) is 16.3 Å². The lowest BCUT2D eigenvalue weighted by Crippen LogP contribution is -2.42. The molecule has 24 heavy (non-hydrogen) atoms. The largest absolute Gasteiger partial charge is 0.444 e. The molecule has 0 spiro atoms. The molecule has 0 bridgehead atoms. The van der Waals surface area contributed by atoms with Gasteiger partial charge in [0.2, 0.25) is 0 Å². The molecule has 0 aliphatic carbocycles. The molecule has 0 radical (unpaired) electrons. The molecule has 0 aromatic heterocycles. The van der Waals surface area contributed by atoms with Crippen molar-refractivity contribution in [3.05, 3.63) is 35.4 Å². The second-order valence-electron chi connectivity index (χ2n) is 7.40. The lowest BCUT2D eigenvalue weighted by Gasteiger charge is -2.33. The predicted octanol–water partition coefficient (Wildman–Crippen LogP) is 3.29. The summed E-state index contributed by atoms with van der Waals surface area (Å²) in [5.41, 5.74) is 1.34. The Morgan fingerprint density at radius 1 is 1.42 bits per heavy atom. The maximum Gasteiger partial charge on any atom is 0.407 e. The number of nitrogens with one attached hydrogen (secondary N) is 1. The maximum atomic E-state index is 11.8. The van der Waals surface area contributed by atoms with Gasteiger partial charge >= 0.3 is 6.09 Å². The van der Waals surface area contributed by atoms with Crippen molar-refractivity contribution in [2.75, 3.05) is 19.6 Å². The number of rotatable bonds is 4. The van der Waals surface area contributed by atoms with Gasteiger partial charge in [-0.25, -0.2) is 4.79 Å². The molecule has 1 heterocycles. The Kier molecular flexibility index (Phi) is 6.22. The summed E-state index contributed by atoms with van der Waals surface area (Å²) in [4.78, 5) is 14.1. The van der Waals surface area contributed by atoms with Crippen molar-refractivity contribution in [2.24, 2.45) is 5.92 Å². The number of ether oxygens (including phenoxy) is 1. The van der Waals surface area contributed by atoms with Crippen molar-refractivity contribution in [3.63, 3.8) is 0 Å². The normalized spacial score (nSPS) is 18.7. The molecule has 130 valence electrons. The number of benzene rings is 1. The van der Waals surface area contributed by atoms with Crippen molar-refractivity contribution in [1.82, 2.24) is 10.2 Å². The van der Waals surface area contributed by atoms with Gasteiger partial charge in [0.25, 0.3) is 0 Å². The van der Waals surface area contributed by atoms with E-state index in [0.717, 1.165) is 43.6 Å². The van der Waals surface area contributed by atoms with E-state index in [9.17, 15) is 10.1 Å². The van der Waals surface area contributed by atoms with E-state index in [1.165, 1.54) is 0 Å². The Morgan fingerprint density at radius 3 is 2.88 bits per heavy atom. The van der Waals surface area contributed by atoms with Gasteiger partial charge in [-0.05, 0) is 57.7 Å². The zero-order chi connectivity index (χ0) is 17.6. The van der Waals surface area contributed by atoms with Gasteiger partial charge in [-0.1, -0.05) is 18.2 Å². The van der Waals surface area contributed by atoms with Crippen LogP contribution in [0.15, 0.2) is 24.3 Å². The summed E-state index contributed by atoms with van der Waals surface area (Å²) in [6.07, 6.45) is 1.86. The standard InChI is InChI=1S/C19H27N3O2/c1-19(2,3)24-18(23)21-12-15-7-6-10-22(13-15)14-17-9-5-4-8-16(17)11-20/h4-5,8-9,15H,6-7,10,12-14H2,1-3H3,(H,21,23). The van der Waals surface area contributed by atoms with Crippen molar-refractivity contribution < 1.29 is 9.53 Å². The second kappa shape index (κ2) is 8.16. The number of piperidine rings is 1. The summed E-state index contributed by atoms with van der Waals surface area (Å²) in [5.74, 6) is 0.417. The Morgan fingerprint density at radius 2 is 2.17 bits per heavy atom. The molecule has 1 aromatic rings. The van der Waals surface area contributed by atoms with Crippen molar-refractivity contribution in [2.45, 2.75) is 45.8 Å². The van der Waals surface area contributed by atoms with Crippen LogP contribution in [0.1, 0.15) is 44.7 Å². The lowest BCUT2D eigenvalue weighted by atomic mass is 9.97. The van der Waals surface area contributed by atoms with E-state index in [1.807, 2.05) is 45.0 Å². The number of hydrogen-bond acceptors (Lipinski definition) is 4. The minimum Gasteiger partial charge on any atom is -0.444 e. The fourth-order valence-corrected chi connectivity index (χ4v) is 3.01. The van der Waals surface area contributed by atoms with Crippen LogP contribution in [0.25, 0.3) is 0 Å². The number of hydrogen-bond donors (Lipinski definition) is 1. The monoisotopic (exact) mass is 329 g/mol. The topological polar surface area (TPSA) is 65.4 Å². The van der Waals surface area contributed by atoms with Gasteiger partial charge in [-0.3, -0.25) is 4.90 Å². The summed E-state index contributed by atoms with van der Waals surface area (Å²) in [6.45, 7) is 8.96. The molecule has 2 rings (SSSR count). The summed E-state index contributed by atoms with van der Waals surface area (Å²) >= 11 is 0. The molecule has 1 amide bonds. The van der Waals surface area contributed by atoms with Gasteiger partial charge in [-0.2, -0.15) is 5.26 Å². The van der Waals surface area contributed by atoms with Crippen LogP contribution in [0.4, 0.5) is 4.79 Å². The van der Waals surface area contributed by atoms with Gasteiger partial charge in [0.05, 0.1) is 11.6 Å². The summed E-state index contributed by atoms with van der Waals surface area (Å²) < 4.78 is 5.28. The molecule has 1 unspecified atom stereocenters. The smallest absolute Gasteiger partial charge is 0.407 e. The van der Waals surface area contributed by atoms with Gasteiger partial charge < -0.3 is 10.1 Å². The SMILES string of the molecule is CC(C)(C)OC(=O)NCC1CCCN(Cc2ccccc2C#N)C1. The van der Waals surface area contributed by atoms with Crippen molar-refractivity contribution >= 4 is 6.09 Å². The zero-order valence-electron chi connectivity index (χ0n) is 14.8. The first kappa shape index (κ1) is 18.3. The average molecular weight is 329 g/mol. The molecule has 1 fully saturated rings. The molecule has 1 aliphatic rings. The summed E-state index contributed by atoms with van der Waals surface area (Å²) in [5, 5.41) is 12.1. The number of nitriles is 1. The van der Waals surface area contributed by atoms with Crippen LogP contribution in [0.5, 0.6) is 0 Å². The third kappa shape index (κ3) is 5.86. The van der Waals surface area contributed by atoms with Crippen LogP contribution in [-0.4, -0.2) is 36.2 Å². The molecule has 1 atom stereocenters. The molecule has 1 saturated heterocycles.